The lowest BCUT2D eigenvalue weighted by atomic mass is 9.83. The molecule has 2 aliphatic rings. The van der Waals surface area contributed by atoms with Gasteiger partial charge in [-0.25, -0.2) is 0 Å². The lowest BCUT2D eigenvalue weighted by molar-refractivity contribution is -0.0737. The van der Waals surface area contributed by atoms with Crippen LogP contribution in [-0.2, 0) is 4.74 Å². The molecular formula is C13H24O2. The van der Waals surface area contributed by atoms with Gasteiger partial charge in [-0.1, -0.05) is 26.2 Å². The summed E-state index contributed by atoms with van der Waals surface area (Å²) in [5.41, 5.74) is 0. The Labute approximate surface area is 93.0 Å². The monoisotopic (exact) mass is 212 g/mol. The summed E-state index contributed by atoms with van der Waals surface area (Å²) in [5, 5.41) is 9.80. The van der Waals surface area contributed by atoms with Crippen LogP contribution in [0.5, 0.6) is 0 Å². The molecule has 0 amide bonds. The molecule has 2 fully saturated rings. The summed E-state index contributed by atoms with van der Waals surface area (Å²) >= 11 is 0. The quantitative estimate of drug-likeness (QED) is 0.776. The van der Waals surface area contributed by atoms with Crippen LogP contribution < -0.4 is 0 Å². The Morgan fingerprint density at radius 3 is 2.67 bits per heavy atom. The summed E-state index contributed by atoms with van der Waals surface area (Å²) in [6, 6.07) is 0. The summed E-state index contributed by atoms with van der Waals surface area (Å²) in [5.74, 6) is 1.64. The molecule has 2 heteroatoms. The molecule has 2 saturated carbocycles. The van der Waals surface area contributed by atoms with Crippen LogP contribution in [0.4, 0.5) is 0 Å². The van der Waals surface area contributed by atoms with E-state index in [0.29, 0.717) is 0 Å². The average Bonchev–Trinajstić information content (AvgIpc) is 2.15. The highest BCUT2D eigenvalue weighted by molar-refractivity contribution is 4.79. The average molecular weight is 212 g/mol. The van der Waals surface area contributed by atoms with Gasteiger partial charge in [0.1, 0.15) is 0 Å². The SMILES string of the molecule is CC1CCC(O)C(OCCC2CCC2)C1. The fourth-order valence-electron chi connectivity index (χ4n) is 2.66. The number of aliphatic hydroxyl groups is 1. The molecule has 88 valence electrons. The Balaban J connectivity index is 1.63. The molecule has 0 spiro atoms. The normalized spacial score (nSPS) is 37.6. The zero-order valence-corrected chi connectivity index (χ0v) is 9.82. The van der Waals surface area contributed by atoms with Gasteiger partial charge in [0.05, 0.1) is 12.2 Å². The highest BCUT2D eigenvalue weighted by atomic mass is 16.5. The number of rotatable bonds is 4. The minimum atomic E-state index is -0.206. The van der Waals surface area contributed by atoms with Crippen molar-refractivity contribution in [3.63, 3.8) is 0 Å². The van der Waals surface area contributed by atoms with E-state index >= 15 is 0 Å². The molecule has 0 aromatic carbocycles. The molecule has 2 aliphatic carbocycles. The smallest absolute Gasteiger partial charge is 0.0836 e. The fourth-order valence-corrected chi connectivity index (χ4v) is 2.66. The van der Waals surface area contributed by atoms with Gasteiger partial charge in [-0.2, -0.15) is 0 Å². The molecule has 1 N–H and O–H groups in total. The molecule has 3 unspecified atom stereocenters. The third kappa shape index (κ3) is 3.18. The van der Waals surface area contributed by atoms with Gasteiger partial charge >= 0.3 is 0 Å². The molecule has 0 radical (unpaired) electrons. The Morgan fingerprint density at radius 1 is 1.20 bits per heavy atom. The van der Waals surface area contributed by atoms with Crippen LogP contribution in [0.3, 0.4) is 0 Å². The second-order valence-corrected chi connectivity index (χ2v) is 5.48. The molecule has 0 aliphatic heterocycles. The summed E-state index contributed by atoms with van der Waals surface area (Å²) in [6.07, 6.45) is 8.45. The summed E-state index contributed by atoms with van der Waals surface area (Å²) < 4.78 is 5.82. The van der Waals surface area contributed by atoms with E-state index in [1.807, 2.05) is 0 Å². The summed E-state index contributed by atoms with van der Waals surface area (Å²) in [6.45, 7) is 3.12. The minimum Gasteiger partial charge on any atom is -0.390 e. The minimum absolute atomic E-state index is 0.119. The predicted octanol–water partition coefficient (Wildman–Crippen LogP) is 2.74. The first-order valence-electron chi connectivity index (χ1n) is 6.55. The van der Waals surface area contributed by atoms with Crippen molar-refractivity contribution in [1.82, 2.24) is 0 Å². The third-order valence-corrected chi connectivity index (χ3v) is 4.10. The van der Waals surface area contributed by atoms with Gasteiger partial charge in [0.2, 0.25) is 0 Å². The van der Waals surface area contributed by atoms with Crippen molar-refractivity contribution in [2.24, 2.45) is 11.8 Å². The fraction of sp³-hybridized carbons (Fsp3) is 1.00. The first kappa shape index (κ1) is 11.4. The second-order valence-electron chi connectivity index (χ2n) is 5.48. The molecular weight excluding hydrogens is 188 g/mol. The first-order chi connectivity index (χ1) is 7.25. The molecule has 0 aromatic rings. The molecule has 0 heterocycles. The van der Waals surface area contributed by atoms with Crippen LogP contribution in [0.1, 0.15) is 51.9 Å². The van der Waals surface area contributed by atoms with Gasteiger partial charge in [0.25, 0.3) is 0 Å². The summed E-state index contributed by atoms with van der Waals surface area (Å²) in [7, 11) is 0. The van der Waals surface area contributed by atoms with E-state index in [1.54, 1.807) is 0 Å². The highest BCUT2D eigenvalue weighted by Crippen LogP contribution is 2.30. The topological polar surface area (TPSA) is 29.5 Å². The summed E-state index contributed by atoms with van der Waals surface area (Å²) in [4.78, 5) is 0. The lowest BCUT2D eigenvalue weighted by Crippen LogP contribution is -2.35. The van der Waals surface area contributed by atoms with E-state index in [9.17, 15) is 5.11 Å². The molecule has 2 rings (SSSR count). The van der Waals surface area contributed by atoms with Crippen molar-refractivity contribution < 1.29 is 9.84 Å². The van der Waals surface area contributed by atoms with Crippen LogP contribution in [0.2, 0.25) is 0 Å². The van der Waals surface area contributed by atoms with Crippen LogP contribution in [0.15, 0.2) is 0 Å². The number of hydrogen-bond acceptors (Lipinski definition) is 2. The van der Waals surface area contributed by atoms with Gasteiger partial charge in [-0.05, 0) is 37.5 Å². The van der Waals surface area contributed by atoms with Gasteiger partial charge in [-0.15, -0.1) is 0 Å². The number of hydrogen-bond donors (Lipinski definition) is 1. The van der Waals surface area contributed by atoms with Crippen molar-refractivity contribution in [3.05, 3.63) is 0 Å². The van der Waals surface area contributed by atoms with E-state index in [-0.39, 0.29) is 12.2 Å². The Bertz CT molecular complexity index is 189. The number of aliphatic hydroxyl groups excluding tert-OH is 1. The molecule has 0 aromatic heterocycles. The largest absolute Gasteiger partial charge is 0.390 e. The standard InChI is InChI=1S/C13H24O2/c1-10-5-6-12(14)13(9-10)15-8-7-11-3-2-4-11/h10-14H,2-9H2,1H3. The van der Waals surface area contributed by atoms with Crippen molar-refractivity contribution in [1.29, 1.82) is 0 Å². The van der Waals surface area contributed by atoms with E-state index in [1.165, 1.54) is 25.7 Å². The van der Waals surface area contributed by atoms with E-state index in [0.717, 1.165) is 37.7 Å². The maximum atomic E-state index is 9.80. The van der Waals surface area contributed by atoms with Crippen LogP contribution in [-0.4, -0.2) is 23.9 Å². The highest BCUT2D eigenvalue weighted by Gasteiger charge is 2.28. The Morgan fingerprint density at radius 2 is 2.00 bits per heavy atom. The Hall–Kier alpha value is -0.0800. The molecule has 15 heavy (non-hydrogen) atoms. The molecule has 3 atom stereocenters. The Kier molecular flexibility index (Phi) is 4.04. The zero-order chi connectivity index (χ0) is 10.7. The van der Waals surface area contributed by atoms with Crippen molar-refractivity contribution in [3.8, 4) is 0 Å². The lowest BCUT2D eigenvalue weighted by Gasteiger charge is -2.32. The van der Waals surface area contributed by atoms with Gasteiger partial charge < -0.3 is 9.84 Å². The number of ether oxygens (including phenoxy) is 1. The first-order valence-corrected chi connectivity index (χ1v) is 6.55. The third-order valence-electron chi connectivity index (χ3n) is 4.10. The van der Waals surface area contributed by atoms with E-state index in [4.69, 9.17) is 4.74 Å². The van der Waals surface area contributed by atoms with Gasteiger partial charge in [0, 0.05) is 6.61 Å². The van der Waals surface area contributed by atoms with Crippen molar-refractivity contribution in [2.45, 2.75) is 64.1 Å². The maximum Gasteiger partial charge on any atom is 0.0836 e. The molecule has 2 nitrogen and oxygen atoms in total. The predicted molar refractivity (Wildman–Crippen MR) is 60.7 cm³/mol. The van der Waals surface area contributed by atoms with Crippen molar-refractivity contribution in [2.75, 3.05) is 6.61 Å². The van der Waals surface area contributed by atoms with Crippen LogP contribution in [0.25, 0.3) is 0 Å². The molecule has 0 bridgehead atoms. The van der Waals surface area contributed by atoms with E-state index in [2.05, 4.69) is 6.92 Å². The second kappa shape index (κ2) is 5.31. The van der Waals surface area contributed by atoms with E-state index < -0.39 is 0 Å². The van der Waals surface area contributed by atoms with Gasteiger partial charge in [0.15, 0.2) is 0 Å². The van der Waals surface area contributed by atoms with Crippen LogP contribution in [0, 0.1) is 11.8 Å². The van der Waals surface area contributed by atoms with Gasteiger partial charge in [-0.3, -0.25) is 0 Å². The molecule has 0 saturated heterocycles. The van der Waals surface area contributed by atoms with Crippen molar-refractivity contribution >= 4 is 0 Å². The zero-order valence-electron chi connectivity index (χ0n) is 9.82. The maximum absolute atomic E-state index is 9.80. The van der Waals surface area contributed by atoms with Crippen LogP contribution >= 0.6 is 0 Å².